The minimum atomic E-state index is -1.15. The highest BCUT2D eigenvalue weighted by Gasteiger charge is 2.30. The molecule has 0 aromatic carbocycles. The summed E-state index contributed by atoms with van der Waals surface area (Å²) in [7, 11) is 0. The fourth-order valence-corrected chi connectivity index (χ4v) is 2.00. The van der Waals surface area contributed by atoms with Crippen LogP contribution < -0.4 is 5.32 Å². The predicted molar refractivity (Wildman–Crippen MR) is 64.6 cm³/mol. The van der Waals surface area contributed by atoms with Gasteiger partial charge in [0, 0.05) is 6.42 Å². The molecule has 1 heterocycles. The van der Waals surface area contributed by atoms with Crippen molar-refractivity contribution in [3.05, 3.63) is 0 Å². The molecule has 0 spiro atoms. The van der Waals surface area contributed by atoms with Gasteiger partial charge in [0.25, 0.3) is 0 Å². The van der Waals surface area contributed by atoms with Gasteiger partial charge in [-0.15, -0.1) is 0 Å². The van der Waals surface area contributed by atoms with E-state index in [1.807, 2.05) is 6.92 Å². The average Bonchev–Trinajstić information content (AvgIpc) is 2.73. The number of carboxylic acids is 2. The summed E-state index contributed by atoms with van der Waals surface area (Å²) in [6.45, 7) is 2.16. The molecule has 0 aromatic rings. The zero-order valence-electron chi connectivity index (χ0n) is 10.8. The third-order valence-corrected chi connectivity index (χ3v) is 3.07. The molecular weight excluding hydrogens is 254 g/mol. The number of ether oxygens (including phenoxy) is 1. The van der Waals surface area contributed by atoms with Crippen LogP contribution in [0.15, 0.2) is 0 Å². The van der Waals surface area contributed by atoms with Gasteiger partial charge in [0.1, 0.15) is 6.04 Å². The van der Waals surface area contributed by atoms with E-state index >= 15 is 0 Å². The molecule has 108 valence electrons. The summed E-state index contributed by atoms with van der Waals surface area (Å²) in [5, 5.41) is 19.9. The van der Waals surface area contributed by atoms with Crippen LogP contribution in [0.2, 0.25) is 0 Å². The number of hydrogen-bond acceptors (Lipinski definition) is 4. The van der Waals surface area contributed by atoms with Crippen LogP contribution in [0.1, 0.15) is 32.6 Å². The largest absolute Gasteiger partial charge is 0.481 e. The number of aliphatic carboxylic acids is 2. The van der Waals surface area contributed by atoms with Gasteiger partial charge >= 0.3 is 11.9 Å². The van der Waals surface area contributed by atoms with E-state index in [9.17, 15) is 14.4 Å². The Morgan fingerprint density at radius 3 is 2.53 bits per heavy atom. The molecule has 1 saturated heterocycles. The summed E-state index contributed by atoms with van der Waals surface area (Å²) in [5.74, 6) is -2.79. The van der Waals surface area contributed by atoms with E-state index in [1.54, 1.807) is 0 Å². The van der Waals surface area contributed by atoms with Gasteiger partial charge < -0.3 is 20.3 Å². The van der Waals surface area contributed by atoms with Crippen molar-refractivity contribution in [3.63, 3.8) is 0 Å². The standard InChI is InChI=1S/C12H19NO6/c1-7-5-8(6-19-7)11(16)13-9(12(17)18)3-2-4-10(14)15/h7-9H,2-6H2,1H3,(H,13,16)(H,14,15)(H,17,18)/t7?,8?,9-/m1/s1. The van der Waals surface area contributed by atoms with E-state index in [1.165, 1.54) is 0 Å². The van der Waals surface area contributed by atoms with Crippen LogP contribution in [0.4, 0.5) is 0 Å². The number of carbonyl (C=O) groups is 3. The zero-order chi connectivity index (χ0) is 14.4. The second-order valence-corrected chi connectivity index (χ2v) is 4.76. The maximum atomic E-state index is 11.8. The Hall–Kier alpha value is -1.63. The lowest BCUT2D eigenvalue weighted by Crippen LogP contribution is -2.43. The molecule has 3 N–H and O–H groups in total. The molecule has 1 aliphatic rings. The minimum Gasteiger partial charge on any atom is -0.481 e. The molecule has 2 unspecified atom stereocenters. The molecular formula is C12H19NO6. The quantitative estimate of drug-likeness (QED) is 0.612. The summed E-state index contributed by atoms with van der Waals surface area (Å²) in [4.78, 5) is 33.2. The number of carbonyl (C=O) groups excluding carboxylic acids is 1. The van der Waals surface area contributed by atoms with Crippen molar-refractivity contribution in [1.82, 2.24) is 5.32 Å². The fourth-order valence-electron chi connectivity index (χ4n) is 2.00. The maximum absolute atomic E-state index is 11.8. The van der Waals surface area contributed by atoms with Gasteiger partial charge in [0.05, 0.1) is 18.6 Å². The molecule has 0 saturated carbocycles. The normalized spacial score (nSPS) is 23.8. The van der Waals surface area contributed by atoms with Crippen LogP contribution in [0.25, 0.3) is 0 Å². The second kappa shape index (κ2) is 7.08. The van der Waals surface area contributed by atoms with Crippen molar-refractivity contribution in [2.45, 2.75) is 44.8 Å². The number of nitrogens with one attached hydrogen (secondary N) is 1. The van der Waals surface area contributed by atoms with Crippen LogP contribution in [-0.4, -0.2) is 46.8 Å². The van der Waals surface area contributed by atoms with Gasteiger partial charge in [-0.1, -0.05) is 0 Å². The van der Waals surface area contributed by atoms with Crippen LogP contribution in [0.3, 0.4) is 0 Å². The van der Waals surface area contributed by atoms with E-state index < -0.39 is 18.0 Å². The van der Waals surface area contributed by atoms with Gasteiger partial charge in [-0.3, -0.25) is 9.59 Å². The molecule has 7 nitrogen and oxygen atoms in total. The van der Waals surface area contributed by atoms with Crippen LogP contribution in [0.5, 0.6) is 0 Å². The molecule has 0 aliphatic carbocycles. The lowest BCUT2D eigenvalue weighted by Gasteiger charge is -2.16. The van der Waals surface area contributed by atoms with Gasteiger partial charge in [-0.05, 0) is 26.2 Å². The van der Waals surface area contributed by atoms with E-state index in [0.29, 0.717) is 13.0 Å². The monoisotopic (exact) mass is 273 g/mol. The summed E-state index contributed by atoms with van der Waals surface area (Å²) >= 11 is 0. The Balaban J connectivity index is 2.42. The minimum absolute atomic E-state index is 0.00559. The molecule has 19 heavy (non-hydrogen) atoms. The second-order valence-electron chi connectivity index (χ2n) is 4.76. The lowest BCUT2D eigenvalue weighted by molar-refractivity contribution is -0.143. The molecule has 1 aliphatic heterocycles. The average molecular weight is 273 g/mol. The Morgan fingerprint density at radius 2 is 2.05 bits per heavy atom. The van der Waals surface area contributed by atoms with E-state index in [4.69, 9.17) is 14.9 Å². The third kappa shape index (κ3) is 5.25. The fraction of sp³-hybridized carbons (Fsp3) is 0.750. The number of carboxylic acid groups (broad SMARTS) is 2. The van der Waals surface area contributed by atoms with Crippen molar-refractivity contribution < 1.29 is 29.3 Å². The molecule has 1 rings (SSSR count). The van der Waals surface area contributed by atoms with Crippen molar-refractivity contribution in [1.29, 1.82) is 0 Å². The highest BCUT2D eigenvalue weighted by molar-refractivity contribution is 5.85. The molecule has 0 aromatic heterocycles. The first-order valence-corrected chi connectivity index (χ1v) is 6.26. The highest BCUT2D eigenvalue weighted by Crippen LogP contribution is 2.19. The third-order valence-electron chi connectivity index (χ3n) is 3.07. The summed E-state index contributed by atoms with van der Waals surface area (Å²) in [5.41, 5.74) is 0. The first kappa shape index (κ1) is 15.4. The number of rotatable bonds is 7. The van der Waals surface area contributed by atoms with E-state index in [2.05, 4.69) is 5.32 Å². The van der Waals surface area contributed by atoms with Crippen molar-refractivity contribution in [3.8, 4) is 0 Å². The Morgan fingerprint density at radius 1 is 1.37 bits per heavy atom. The van der Waals surface area contributed by atoms with Gasteiger partial charge in [-0.25, -0.2) is 4.79 Å². The van der Waals surface area contributed by atoms with Gasteiger partial charge in [0.15, 0.2) is 0 Å². The topological polar surface area (TPSA) is 113 Å². The highest BCUT2D eigenvalue weighted by atomic mass is 16.5. The SMILES string of the molecule is CC1CC(C(=O)N[C@H](CCCC(=O)O)C(=O)O)CO1. The van der Waals surface area contributed by atoms with Gasteiger partial charge in [0.2, 0.25) is 5.91 Å². The van der Waals surface area contributed by atoms with Crippen molar-refractivity contribution >= 4 is 17.8 Å². The summed E-state index contributed by atoms with van der Waals surface area (Å²) in [6.07, 6.45) is 0.794. The molecule has 1 fully saturated rings. The van der Waals surface area contributed by atoms with Crippen LogP contribution in [-0.2, 0) is 19.1 Å². The lowest BCUT2D eigenvalue weighted by atomic mass is 10.0. The van der Waals surface area contributed by atoms with Crippen LogP contribution >= 0.6 is 0 Å². The molecule has 3 atom stereocenters. The predicted octanol–water partition coefficient (Wildman–Crippen LogP) is 0.236. The first-order valence-electron chi connectivity index (χ1n) is 6.26. The molecule has 1 amide bonds. The van der Waals surface area contributed by atoms with Crippen LogP contribution in [0, 0.1) is 5.92 Å². The first-order chi connectivity index (χ1) is 8.90. The molecule has 0 bridgehead atoms. The number of amides is 1. The summed E-state index contributed by atoms with van der Waals surface area (Å²) < 4.78 is 5.26. The number of hydrogen-bond donors (Lipinski definition) is 3. The smallest absolute Gasteiger partial charge is 0.326 e. The van der Waals surface area contributed by atoms with Crippen molar-refractivity contribution in [2.24, 2.45) is 5.92 Å². The zero-order valence-corrected chi connectivity index (χ0v) is 10.8. The molecule has 7 heteroatoms. The summed E-state index contributed by atoms with van der Waals surface area (Å²) in [6, 6.07) is -1.04. The van der Waals surface area contributed by atoms with Gasteiger partial charge in [-0.2, -0.15) is 0 Å². The Kier molecular flexibility index (Phi) is 5.75. The van der Waals surface area contributed by atoms with Crippen molar-refractivity contribution in [2.75, 3.05) is 6.61 Å². The molecule has 0 radical (unpaired) electrons. The van der Waals surface area contributed by atoms with E-state index in [-0.39, 0.29) is 37.2 Å². The van der Waals surface area contributed by atoms with E-state index in [0.717, 1.165) is 0 Å². The Bertz CT molecular complexity index is 356. The maximum Gasteiger partial charge on any atom is 0.326 e. The Labute approximate surface area is 110 Å².